The molecule has 2 heterocycles. The van der Waals surface area contributed by atoms with Gasteiger partial charge in [-0.15, -0.1) is 0 Å². The van der Waals surface area contributed by atoms with Gasteiger partial charge in [0, 0.05) is 43.8 Å². The molecule has 118 valence electrons. The lowest BCUT2D eigenvalue weighted by Crippen LogP contribution is -2.46. The summed E-state index contributed by atoms with van der Waals surface area (Å²) >= 11 is 0. The molecule has 1 aliphatic rings. The molecular formula is C16H18F3N3. The van der Waals surface area contributed by atoms with Crippen LogP contribution >= 0.6 is 0 Å². The van der Waals surface area contributed by atoms with Crippen LogP contribution in [0.2, 0.25) is 0 Å². The normalized spacial score (nSPS) is 18.5. The monoisotopic (exact) mass is 309 g/mol. The van der Waals surface area contributed by atoms with Crippen molar-refractivity contribution in [3.63, 3.8) is 0 Å². The molecule has 1 aromatic carbocycles. The first-order chi connectivity index (χ1) is 10.5. The second-order valence-electron chi connectivity index (χ2n) is 5.54. The standard InChI is InChI=1S/C16H18F3N3/c17-16(18,19)11-15(22-9-7-20-8-10-22)13-5-6-21-14-4-2-1-3-12(13)14/h1-6,15,20H,7-11H2/t15-/m0/s1. The minimum absolute atomic E-state index is 0.622. The fourth-order valence-electron chi connectivity index (χ4n) is 3.06. The number of halogens is 3. The van der Waals surface area contributed by atoms with Crippen molar-refractivity contribution in [3.05, 3.63) is 42.1 Å². The summed E-state index contributed by atoms with van der Waals surface area (Å²) in [4.78, 5) is 6.18. The molecule has 0 bridgehead atoms. The number of benzene rings is 1. The number of hydrogen-bond donors (Lipinski definition) is 1. The minimum Gasteiger partial charge on any atom is -0.314 e. The van der Waals surface area contributed by atoms with Gasteiger partial charge < -0.3 is 5.32 Å². The second kappa shape index (κ2) is 6.22. The Bertz CT molecular complexity index is 631. The van der Waals surface area contributed by atoms with Gasteiger partial charge in [-0.2, -0.15) is 13.2 Å². The predicted octanol–water partition coefficient (Wildman–Crippen LogP) is 3.13. The zero-order chi connectivity index (χ0) is 15.6. The largest absolute Gasteiger partial charge is 0.390 e. The molecular weight excluding hydrogens is 291 g/mol. The van der Waals surface area contributed by atoms with Crippen LogP contribution in [0.3, 0.4) is 0 Å². The summed E-state index contributed by atoms with van der Waals surface area (Å²) in [6.45, 7) is 2.68. The van der Waals surface area contributed by atoms with Crippen molar-refractivity contribution in [2.75, 3.05) is 26.2 Å². The Hall–Kier alpha value is -1.66. The van der Waals surface area contributed by atoms with Crippen LogP contribution in [0, 0.1) is 0 Å². The van der Waals surface area contributed by atoms with E-state index in [1.54, 1.807) is 12.3 Å². The van der Waals surface area contributed by atoms with Crippen molar-refractivity contribution in [2.45, 2.75) is 18.6 Å². The van der Waals surface area contributed by atoms with Gasteiger partial charge in [0.1, 0.15) is 0 Å². The lowest BCUT2D eigenvalue weighted by molar-refractivity contribution is -0.148. The number of hydrogen-bond acceptors (Lipinski definition) is 3. The number of para-hydroxylation sites is 1. The molecule has 0 saturated carbocycles. The number of pyridine rings is 1. The van der Waals surface area contributed by atoms with Gasteiger partial charge in [-0.1, -0.05) is 18.2 Å². The molecule has 0 aliphatic carbocycles. The number of nitrogens with zero attached hydrogens (tertiary/aromatic N) is 2. The van der Waals surface area contributed by atoms with Crippen molar-refractivity contribution in [1.29, 1.82) is 0 Å². The Labute approximate surface area is 127 Å². The number of nitrogens with one attached hydrogen (secondary N) is 1. The van der Waals surface area contributed by atoms with E-state index in [1.807, 2.05) is 29.2 Å². The molecule has 22 heavy (non-hydrogen) atoms. The quantitative estimate of drug-likeness (QED) is 0.944. The van der Waals surface area contributed by atoms with Crippen LogP contribution in [-0.4, -0.2) is 42.2 Å². The fraction of sp³-hybridized carbons (Fsp3) is 0.438. The van der Waals surface area contributed by atoms with Gasteiger partial charge in [-0.25, -0.2) is 0 Å². The van der Waals surface area contributed by atoms with Crippen LogP contribution in [0.25, 0.3) is 10.9 Å². The SMILES string of the molecule is FC(F)(F)C[C@@H](c1ccnc2ccccc12)N1CCNCC1. The van der Waals surface area contributed by atoms with Crippen LogP contribution in [0.1, 0.15) is 18.0 Å². The van der Waals surface area contributed by atoms with Crippen LogP contribution in [-0.2, 0) is 0 Å². The van der Waals surface area contributed by atoms with Gasteiger partial charge in [0.2, 0.25) is 0 Å². The summed E-state index contributed by atoms with van der Waals surface area (Å²) in [7, 11) is 0. The highest BCUT2D eigenvalue weighted by molar-refractivity contribution is 5.82. The molecule has 0 spiro atoms. The average molecular weight is 309 g/mol. The zero-order valence-corrected chi connectivity index (χ0v) is 12.1. The Morgan fingerprint density at radius 3 is 2.59 bits per heavy atom. The van der Waals surface area contributed by atoms with Crippen LogP contribution < -0.4 is 5.32 Å². The fourth-order valence-corrected chi connectivity index (χ4v) is 3.06. The summed E-state index contributed by atoms with van der Waals surface area (Å²) in [6, 6.07) is 8.44. The van der Waals surface area contributed by atoms with Gasteiger partial charge >= 0.3 is 6.18 Å². The molecule has 6 heteroatoms. The maximum Gasteiger partial charge on any atom is 0.390 e. The first-order valence-corrected chi connectivity index (χ1v) is 7.40. The topological polar surface area (TPSA) is 28.2 Å². The minimum atomic E-state index is -4.19. The molecule has 1 aliphatic heterocycles. The molecule has 1 N–H and O–H groups in total. The van der Waals surface area contributed by atoms with Crippen molar-refractivity contribution in [3.8, 4) is 0 Å². The van der Waals surface area contributed by atoms with Gasteiger partial charge in [-0.3, -0.25) is 9.88 Å². The van der Waals surface area contributed by atoms with Crippen molar-refractivity contribution >= 4 is 10.9 Å². The van der Waals surface area contributed by atoms with Gasteiger partial charge in [0.25, 0.3) is 0 Å². The average Bonchev–Trinajstić information content (AvgIpc) is 2.52. The Kier molecular flexibility index (Phi) is 4.31. The Balaban J connectivity index is 2.02. The number of rotatable bonds is 3. The van der Waals surface area contributed by atoms with E-state index in [9.17, 15) is 13.2 Å². The Morgan fingerprint density at radius 2 is 1.86 bits per heavy atom. The molecule has 0 unspecified atom stereocenters. The van der Waals surface area contributed by atoms with E-state index in [0.29, 0.717) is 18.7 Å². The third-order valence-electron chi connectivity index (χ3n) is 4.06. The highest BCUT2D eigenvalue weighted by Gasteiger charge is 2.36. The zero-order valence-electron chi connectivity index (χ0n) is 12.1. The first kappa shape index (κ1) is 15.2. The smallest absolute Gasteiger partial charge is 0.314 e. The number of aromatic nitrogens is 1. The van der Waals surface area contributed by atoms with Crippen molar-refractivity contribution in [1.82, 2.24) is 15.2 Å². The summed E-state index contributed by atoms with van der Waals surface area (Å²) in [5.41, 5.74) is 1.45. The molecule has 1 saturated heterocycles. The summed E-state index contributed by atoms with van der Waals surface area (Å²) in [5, 5.41) is 3.99. The van der Waals surface area contributed by atoms with E-state index in [-0.39, 0.29) is 0 Å². The third-order valence-corrected chi connectivity index (χ3v) is 4.06. The van der Waals surface area contributed by atoms with Crippen LogP contribution in [0.15, 0.2) is 36.5 Å². The molecule has 3 nitrogen and oxygen atoms in total. The maximum atomic E-state index is 13.1. The van der Waals surface area contributed by atoms with Crippen molar-refractivity contribution in [2.24, 2.45) is 0 Å². The Morgan fingerprint density at radius 1 is 1.14 bits per heavy atom. The van der Waals surface area contributed by atoms with E-state index in [4.69, 9.17) is 0 Å². The van der Waals surface area contributed by atoms with Gasteiger partial charge in [-0.05, 0) is 17.7 Å². The molecule has 1 aromatic heterocycles. The first-order valence-electron chi connectivity index (χ1n) is 7.40. The van der Waals surface area contributed by atoms with Gasteiger partial charge in [0.15, 0.2) is 0 Å². The maximum absolute atomic E-state index is 13.1. The number of piperazine rings is 1. The van der Waals surface area contributed by atoms with E-state index >= 15 is 0 Å². The van der Waals surface area contributed by atoms with Crippen LogP contribution in [0.4, 0.5) is 13.2 Å². The van der Waals surface area contributed by atoms with Crippen molar-refractivity contribution < 1.29 is 13.2 Å². The molecule has 3 rings (SSSR count). The molecule has 1 fully saturated rings. The molecule has 0 radical (unpaired) electrons. The van der Waals surface area contributed by atoms with E-state index in [1.165, 1.54) is 0 Å². The number of alkyl halides is 3. The lowest BCUT2D eigenvalue weighted by atomic mass is 9.97. The molecule has 1 atom stereocenters. The second-order valence-corrected chi connectivity index (χ2v) is 5.54. The number of fused-ring (bicyclic) bond motifs is 1. The lowest BCUT2D eigenvalue weighted by Gasteiger charge is -2.36. The third kappa shape index (κ3) is 3.39. The summed E-state index contributed by atoms with van der Waals surface area (Å²) < 4.78 is 39.3. The summed E-state index contributed by atoms with van der Waals surface area (Å²) in [5.74, 6) is 0. The summed E-state index contributed by atoms with van der Waals surface area (Å²) in [6.07, 6.45) is -3.43. The molecule has 2 aromatic rings. The molecule has 0 amide bonds. The predicted molar refractivity (Wildman–Crippen MR) is 79.6 cm³/mol. The highest BCUT2D eigenvalue weighted by Crippen LogP contribution is 2.36. The van der Waals surface area contributed by atoms with E-state index < -0.39 is 18.6 Å². The van der Waals surface area contributed by atoms with Gasteiger partial charge in [0.05, 0.1) is 11.9 Å². The van der Waals surface area contributed by atoms with Crippen LogP contribution in [0.5, 0.6) is 0 Å². The van der Waals surface area contributed by atoms with E-state index in [0.717, 1.165) is 24.0 Å². The van der Waals surface area contributed by atoms with E-state index in [2.05, 4.69) is 10.3 Å². The highest BCUT2D eigenvalue weighted by atomic mass is 19.4.